The van der Waals surface area contributed by atoms with Crippen molar-refractivity contribution in [1.82, 2.24) is 10.2 Å². The summed E-state index contributed by atoms with van der Waals surface area (Å²) in [6.45, 7) is 1.54. The lowest BCUT2D eigenvalue weighted by Gasteiger charge is -2.34. The zero-order valence-corrected chi connectivity index (χ0v) is 13.0. The van der Waals surface area contributed by atoms with Crippen LogP contribution in [0.3, 0.4) is 0 Å². The molecular formula is C14H18ClF5N2O. The Labute approximate surface area is 137 Å². The van der Waals surface area contributed by atoms with Gasteiger partial charge in [-0.3, -0.25) is 4.90 Å². The van der Waals surface area contributed by atoms with Crippen LogP contribution in [-0.4, -0.2) is 50.3 Å². The predicted octanol–water partition coefficient (Wildman–Crippen LogP) is 3.26. The van der Waals surface area contributed by atoms with E-state index in [9.17, 15) is 22.0 Å². The first kappa shape index (κ1) is 19.9. The summed E-state index contributed by atoms with van der Waals surface area (Å²) in [5.74, 6) is -0.422. The summed E-state index contributed by atoms with van der Waals surface area (Å²) in [6.07, 6.45) is -8.57. The molecule has 9 heteroatoms. The van der Waals surface area contributed by atoms with Crippen molar-refractivity contribution in [3.63, 3.8) is 0 Å². The van der Waals surface area contributed by atoms with E-state index < -0.39 is 31.0 Å². The van der Waals surface area contributed by atoms with E-state index in [1.54, 1.807) is 4.90 Å². The molecular weight excluding hydrogens is 343 g/mol. The van der Waals surface area contributed by atoms with Gasteiger partial charge in [0.05, 0.1) is 6.04 Å². The molecule has 1 aromatic carbocycles. The quantitative estimate of drug-likeness (QED) is 0.788. The molecule has 1 saturated heterocycles. The van der Waals surface area contributed by atoms with Crippen LogP contribution in [0.15, 0.2) is 24.3 Å². The Morgan fingerprint density at radius 1 is 1.17 bits per heavy atom. The number of alkyl halides is 5. The summed E-state index contributed by atoms with van der Waals surface area (Å²) < 4.78 is 68.5. The van der Waals surface area contributed by atoms with Gasteiger partial charge in [0.15, 0.2) is 0 Å². The van der Waals surface area contributed by atoms with Crippen LogP contribution >= 0.6 is 12.4 Å². The number of nitrogens with one attached hydrogen (secondary N) is 1. The number of hydrogen-bond donors (Lipinski definition) is 1. The fourth-order valence-electron chi connectivity index (χ4n) is 2.41. The Balaban J connectivity index is 0.00000264. The number of ether oxygens (including phenoxy) is 1. The fraction of sp³-hybridized carbons (Fsp3) is 0.571. The lowest BCUT2D eigenvalue weighted by atomic mass is 10.0. The molecule has 132 valence electrons. The van der Waals surface area contributed by atoms with Crippen molar-refractivity contribution in [2.75, 3.05) is 32.9 Å². The van der Waals surface area contributed by atoms with Gasteiger partial charge in [0, 0.05) is 31.7 Å². The molecule has 1 aliphatic heterocycles. The first-order valence-electron chi connectivity index (χ1n) is 6.90. The number of benzene rings is 1. The van der Waals surface area contributed by atoms with Gasteiger partial charge < -0.3 is 10.1 Å². The number of para-hydroxylation sites is 1. The molecule has 0 radical (unpaired) electrons. The van der Waals surface area contributed by atoms with E-state index in [0.29, 0.717) is 26.2 Å². The maximum absolute atomic E-state index is 13.4. The molecule has 1 aromatic rings. The van der Waals surface area contributed by atoms with E-state index in [2.05, 4.69) is 10.1 Å². The number of piperazine rings is 1. The van der Waals surface area contributed by atoms with Crippen molar-refractivity contribution in [1.29, 1.82) is 0 Å². The van der Waals surface area contributed by atoms with Gasteiger partial charge in [-0.15, -0.1) is 12.4 Å². The second-order valence-corrected chi connectivity index (χ2v) is 4.96. The number of hydrogen-bond acceptors (Lipinski definition) is 3. The van der Waals surface area contributed by atoms with E-state index in [1.165, 1.54) is 18.2 Å². The van der Waals surface area contributed by atoms with Crippen LogP contribution in [0.2, 0.25) is 0 Å². The van der Waals surface area contributed by atoms with Crippen molar-refractivity contribution in [2.45, 2.75) is 18.6 Å². The maximum atomic E-state index is 13.4. The molecule has 1 atom stereocenters. The summed E-state index contributed by atoms with van der Waals surface area (Å²) >= 11 is 0. The minimum atomic E-state index is -4.61. The molecule has 0 aromatic heterocycles. The van der Waals surface area contributed by atoms with Gasteiger partial charge in [-0.1, -0.05) is 18.2 Å². The first-order chi connectivity index (χ1) is 10.5. The molecule has 0 saturated carbocycles. The lowest BCUT2D eigenvalue weighted by molar-refractivity contribution is -0.253. The number of rotatable bonds is 6. The maximum Gasteiger partial charge on any atom is 0.461 e. The molecule has 0 spiro atoms. The minimum Gasteiger partial charge on any atom is -0.428 e. The van der Waals surface area contributed by atoms with Crippen molar-refractivity contribution in [2.24, 2.45) is 0 Å². The standard InChI is InChI=1S/C14H17F5N2O.ClH/c15-9-11(21-7-5-20-6-8-21)10-3-1-2-4-12(10)22-14(18,19)13(16)17;/h1-4,11,13,20H,5-9H2;1H/t11-;/m1./s1. The monoisotopic (exact) mass is 360 g/mol. The molecule has 1 aliphatic rings. The van der Waals surface area contributed by atoms with Crippen LogP contribution in [0.1, 0.15) is 11.6 Å². The molecule has 0 aliphatic carbocycles. The normalized spacial score (nSPS) is 17.7. The Morgan fingerprint density at radius 2 is 1.78 bits per heavy atom. The Morgan fingerprint density at radius 3 is 2.35 bits per heavy atom. The Bertz CT molecular complexity index is 486. The first-order valence-corrected chi connectivity index (χ1v) is 6.90. The molecule has 1 fully saturated rings. The van der Waals surface area contributed by atoms with Crippen LogP contribution in [0.25, 0.3) is 0 Å². The molecule has 0 amide bonds. The molecule has 2 rings (SSSR count). The highest BCUT2D eigenvalue weighted by atomic mass is 35.5. The van der Waals surface area contributed by atoms with Gasteiger partial charge in [-0.25, -0.2) is 4.39 Å². The van der Waals surface area contributed by atoms with Crippen molar-refractivity contribution >= 4 is 12.4 Å². The van der Waals surface area contributed by atoms with E-state index in [0.717, 1.165) is 6.07 Å². The zero-order chi connectivity index (χ0) is 16.2. The van der Waals surface area contributed by atoms with Crippen molar-refractivity contribution < 1.29 is 26.7 Å². The van der Waals surface area contributed by atoms with Gasteiger partial charge in [0.2, 0.25) is 0 Å². The van der Waals surface area contributed by atoms with Crippen LogP contribution in [-0.2, 0) is 0 Å². The average Bonchev–Trinajstić information content (AvgIpc) is 2.50. The smallest absolute Gasteiger partial charge is 0.428 e. The average molecular weight is 361 g/mol. The number of nitrogens with zero attached hydrogens (tertiary/aromatic N) is 1. The third-order valence-corrected chi connectivity index (χ3v) is 3.52. The van der Waals surface area contributed by atoms with Crippen molar-refractivity contribution in [3.8, 4) is 5.75 Å². The second-order valence-electron chi connectivity index (χ2n) is 4.96. The highest BCUT2D eigenvalue weighted by Crippen LogP contribution is 2.35. The molecule has 23 heavy (non-hydrogen) atoms. The summed E-state index contributed by atoms with van der Waals surface area (Å²) in [5, 5.41) is 3.10. The van der Waals surface area contributed by atoms with E-state index in [-0.39, 0.29) is 18.0 Å². The van der Waals surface area contributed by atoms with Crippen LogP contribution in [0, 0.1) is 0 Å². The fourth-order valence-corrected chi connectivity index (χ4v) is 2.41. The highest BCUT2D eigenvalue weighted by molar-refractivity contribution is 5.85. The molecule has 0 bridgehead atoms. The van der Waals surface area contributed by atoms with Crippen LogP contribution in [0.4, 0.5) is 22.0 Å². The highest BCUT2D eigenvalue weighted by Gasteiger charge is 2.44. The lowest BCUT2D eigenvalue weighted by Crippen LogP contribution is -2.46. The van der Waals surface area contributed by atoms with Gasteiger partial charge in [0.1, 0.15) is 12.4 Å². The summed E-state index contributed by atoms with van der Waals surface area (Å²) in [7, 11) is 0. The van der Waals surface area contributed by atoms with Crippen LogP contribution < -0.4 is 10.1 Å². The van der Waals surface area contributed by atoms with Gasteiger partial charge in [-0.05, 0) is 6.07 Å². The van der Waals surface area contributed by atoms with Gasteiger partial charge >= 0.3 is 12.5 Å². The summed E-state index contributed by atoms with van der Waals surface area (Å²) in [4.78, 5) is 1.78. The molecule has 0 unspecified atom stereocenters. The van der Waals surface area contributed by atoms with Crippen molar-refractivity contribution in [3.05, 3.63) is 29.8 Å². The largest absolute Gasteiger partial charge is 0.461 e. The summed E-state index contributed by atoms with van der Waals surface area (Å²) in [6, 6.07) is 4.69. The molecule has 3 nitrogen and oxygen atoms in total. The van der Waals surface area contributed by atoms with E-state index >= 15 is 0 Å². The molecule has 1 N–H and O–H groups in total. The zero-order valence-electron chi connectivity index (χ0n) is 12.2. The Kier molecular flexibility index (Phi) is 7.50. The number of halogens is 6. The SMILES string of the molecule is Cl.FC[C@H](c1ccccc1OC(F)(F)C(F)F)N1CCNCC1. The third-order valence-electron chi connectivity index (χ3n) is 3.52. The van der Waals surface area contributed by atoms with Gasteiger partial charge in [-0.2, -0.15) is 17.6 Å². The second kappa shape index (κ2) is 8.65. The van der Waals surface area contributed by atoms with E-state index in [4.69, 9.17) is 0 Å². The van der Waals surface area contributed by atoms with Crippen LogP contribution in [0.5, 0.6) is 5.75 Å². The predicted molar refractivity (Wildman–Crippen MR) is 78.4 cm³/mol. The summed E-state index contributed by atoms with van der Waals surface area (Å²) in [5.41, 5.74) is 0.146. The minimum absolute atomic E-state index is 0. The third kappa shape index (κ3) is 4.92. The van der Waals surface area contributed by atoms with E-state index in [1.807, 2.05) is 0 Å². The molecule has 1 heterocycles. The Hall–Kier alpha value is -1.12. The topological polar surface area (TPSA) is 24.5 Å². The van der Waals surface area contributed by atoms with Gasteiger partial charge in [0.25, 0.3) is 0 Å².